The van der Waals surface area contributed by atoms with Crippen LogP contribution in [0.25, 0.3) is 0 Å². The summed E-state index contributed by atoms with van der Waals surface area (Å²) in [6, 6.07) is 20.1. The van der Waals surface area contributed by atoms with Crippen LogP contribution in [0.5, 0.6) is 0 Å². The minimum absolute atomic E-state index is 0.0598. The van der Waals surface area contributed by atoms with Gasteiger partial charge in [0.15, 0.2) is 0 Å². The van der Waals surface area contributed by atoms with E-state index in [-0.39, 0.29) is 23.4 Å². The van der Waals surface area contributed by atoms with E-state index in [1.165, 1.54) is 17.0 Å². The number of amides is 2. The molecule has 9 heteroatoms. The zero-order valence-electron chi connectivity index (χ0n) is 23.0. The van der Waals surface area contributed by atoms with Crippen molar-refractivity contribution in [2.45, 2.75) is 64.6 Å². The summed E-state index contributed by atoms with van der Waals surface area (Å²) < 4.78 is 29.5. The highest BCUT2D eigenvalue weighted by Gasteiger charge is 2.33. The van der Waals surface area contributed by atoms with Crippen molar-refractivity contribution in [1.82, 2.24) is 10.2 Å². The minimum atomic E-state index is -4.10. The van der Waals surface area contributed by atoms with Crippen molar-refractivity contribution in [2.75, 3.05) is 10.8 Å². The fourth-order valence-corrected chi connectivity index (χ4v) is 5.81. The highest BCUT2D eigenvalue weighted by atomic mass is 79.9. The molecule has 0 aliphatic carbocycles. The lowest BCUT2D eigenvalue weighted by atomic mass is 10.1. The van der Waals surface area contributed by atoms with E-state index in [4.69, 9.17) is 0 Å². The van der Waals surface area contributed by atoms with Crippen molar-refractivity contribution in [3.05, 3.63) is 94.0 Å². The first-order valence-electron chi connectivity index (χ1n) is 12.9. The maximum Gasteiger partial charge on any atom is 0.264 e. The standard InChI is InChI=1S/C30H36BrN3O4S/c1-6-23(4)32-30(36)24(5)33(19-25-11-8-7-10-22(25)3)29(35)20-34(27-13-9-12-26(31)18-27)39(37,38)28-16-14-21(2)15-17-28/h7-18,23-24H,6,19-20H2,1-5H3,(H,32,36)/t23-,24+/m1/s1. The molecular weight excluding hydrogens is 578 g/mol. The zero-order chi connectivity index (χ0) is 28.7. The molecule has 3 rings (SSSR count). The number of halogens is 1. The third kappa shape index (κ3) is 7.70. The molecule has 2 atom stereocenters. The van der Waals surface area contributed by atoms with Crippen LogP contribution >= 0.6 is 15.9 Å². The van der Waals surface area contributed by atoms with Crippen molar-refractivity contribution in [3.8, 4) is 0 Å². The molecule has 39 heavy (non-hydrogen) atoms. The van der Waals surface area contributed by atoms with Gasteiger partial charge in [0.25, 0.3) is 10.0 Å². The quantitative estimate of drug-likeness (QED) is 0.305. The smallest absolute Gasteiger partial charge is 0.264 e. The van der Waals surface area contributed by atoms with Crippen LogP contribution in [0.1, 0.15) is 43.9 Å². The lowest BCUT2D eigenvalue weighted by molar-refractivity contribution is -0.139. The highest BCUT2D eigenvalue weighted by molar-refractivity contribution is 9.10. The van der Waals surface area contributed by atoms with Gasteiger partial charge in [-0.1, -0.05) is 70.9 Å². The number of nitrogens with one attached hydrogen (secondary N) is 1. The molecule has 0 bridgehead atoms. The molecule has 7 nitrogen and oxygen atoms in total. The largest absolute Gasteiger partial charge is 0.352 e. The summed E-state index contributed by atoms with van der Waals surface area (Å²) in [6.07, 6.45) is 0.746. The Morgan fingerprint density at radius 1 is 0.949 bits per heavy atom. The van der Waals surface area contributed by atoms with E-state index in [1.807, 2.05) is 52.0 Å². The van der Waals surface area contributed by atoms with Gasteiger partial charge >= 0.3 is 0 Å². The number of carbonyl (C=O) groups is 2. The Kier molecular flexibility index (Phi) is 10.3. The van der Waals surface area contributed by atoms with E-state index >= 15 is 0 Å². The summed E-state index contributed by atoms with van der Waals surface area (Å²) in [6.45, 7) is 9.06. The fourth-order valence-electron chi connectivity index (χ4n) is 4.02. The molecule has 0 saturated carbocycles. The predicted octanol–water partition coefficient (Wildman–Crippen LogP) is 5.59. The molecule has 0 saturated heterocycles. The monoisotopic (exact) mass is 613 g/mol. The molecule has 3 aromatic rings. The van der Waals surface area contributed by atoms with Crippen LogP contribution < -0.4 is 9.62 Å². The Hall–Kier alpha value is -3.17. The van der Waals surface area contributed by atoms with Gasteiger partial charge in [0.2, 0.25) is 11.8 Å². The van der Waals surface area contributed by atoms with E-state index in [9.17, 15) is 18.0 Å². The average Bonchev–Trinajstić information content (AvgIpc) is 2.90. The number of rotatable bonds is 11. The SMILES string of the molecule is CC[C@@H](C)NC(=O)[C@H](C)N(Cc1ccccc1C)C(=O)CN(c1cccc(Br)c1)S(=O)(=O)c1ccc(C)cc1. The number of hydrogen-bond donors (Lipinski definition) is 1. The van der Waals surface area contributed by atoms with Gasteiger partial charge < -0.3 is 10.2 Å². The molecule has 0 heterocycles. The summed E-state index contributed by atoms with van der Waals surface area (Å²) in [5.74, 6) is -0.776. The van der Waals surface area contributed by atoms with Gasteiger partial charge in [-0.05, 0) is 75.6 Å². The van der Waals surface area contributed by atoms with Crippen LogP contribution in [0.15, 0.2) is 82.2 Å². The van der Waals surface area contributed by atoms with Crippen LogP contribution in [0, 0.1) is 13.8 Å². The summed E-state index contributed by atoms with van der Waals surface area (Å²) >= 11 is 3.41. The van der Waals surface area contributed by atoms with Gasteiger partial charge in [0.1, 0.15) is 12.6 Å². The van der Waals surface area contributed by atoms with Crippen molar-refractivity contribution >= 4 is 43.5 Å². The summed E-state index contributed by atoms with van der Waals surface area (Å²) in [5.41, 5.74) is 3.11. The van der Waals surface area contributed by atoms with Gasteiger partial charge in [-0.25, -0.2) is 8.42 Å². The van der Waals surface area contributed by atoms with Crippen LogP contribution in [0.2, 0.25) is 0 Å². The lowest BCUT2D eigenvalue weighted by Crippen LogP contribution is -2.52. The van der Waals surface area contributed by atoms with E-state index in [1.54, 1.807) is 43.3 Å². The Morgan fingerprint density at radius 2 is 1.62 bits per heavy atom. The first-order chi connectivity index (χ1) is 18.4. The third-order valence-corrected chi connectivity index (χ3v) is 9.04. The fraction of sp³-hybridized carbons (Fsp3) is 0.333. The van der Waals surface area contributed by atoms with Gasteiger partial charge in [0.05, 0.1) is 10.6 Å². The maximum atomic E-state index is 14.0. The second kappa shape index (κ2) is 13.3. The second-order valence-electron chi connectivity index (χ2n) is 9.75. The predicted molar refractivity (Wildman–Crippen MR) is 159 cm³/mol. The van der Waals surface area contributed by atoms with Gasteiger partial charge in [-0.3, -0.25) is 13.9 Å². The van der Waals surface area contributed by atoms with Gasteiger partial charge in [-0.15, -0.1) is 0 Å². The Balaban J connectivity index is 2.04. The summed E-state index contributed by atoms with van der Waals surface area (Å²) in [4.78, 5) is 28.7. The topological polar surface area (TPSA) is 86.8 Å². The molecule has 0 unspecified atom stereocenters. The van der Waals surface area contributed by atoms with Crippen LogP contribution in [0.3, 0.4) is 0 Å². The van der Waals surface area contributed by atoms with Crippen LogP contribution in [0.4, 0.5) is 5.69 Å². The van der Waals surface area contributed by atoms with E-state index in [0.29, 0.717) is 10.2 Å². The number of nitrogens with zero attached hydrogens (tertiary/aromatic N) is 2. The van der Waals surface area contributed by atoms with Crippen LogP contribution in [-0.2, 0) is 26.2 Å². The molecule has 0 fully saturated rings. The molecular formula is C30H36BrN3O4S. The molecule has 0 radical (unpaired) electrons. The van der Waals surface area contributed by atoms with Crippen molar-refractivity contribution in [2.24, 2.45) is 0 Å². The van der Waals surface area contributed by atoms with Gasteiger partial charge in [-0.2, -0.15) is 0 Å². The molecule has 0 aliphatic rings. The molecule has 0 aliphatic heterocycles. The average molecular weight is 615 g/mol. The normalized spacial score (nSPS) is 12.9. The van der Waals surface area contributed by atoms with Crippen molar-refractivity contribution in [3.63, 3.8) is 0 Å². The summed E-state index contributed by atoms with van der Waals surface area (Å²) in [5, 5.41) is 2.95. The molecule has 0 spiro atoms. The number of anilines is 1. The zero-order valence-corrected chi connectivity index (χ0v) is 25.4. The lowest BCUT2D eigenvalue weighted by Gasteiger charge is -2.32. The van der Waals surface area contributed by atoms with Crippen molar-refractivity contribution < 1.29 is 18.0 Å². The number of carbonyl (C=O) groups excluding carboxylic acids is 2. The Morgan fingerprint density at radius 3 is 2.23 bits per heavy atom. The molecule has 208 valence electrons. The van der Waals surface area contributed by atoms with E-state index < -0.39 is 28.5 Å². The van der Waals surface area contributed by atoms with Crippen LogP contribution in [-0.4, -0.2) is 43.8 Å². The molecule has 0 aromatic heterocycles. The van der Waals surface area contributed by atoms with E-state index in [0.717, 1.165) is 27.4 Å². The Bertz CT molecular complexity index is 1410. The number of benzene rings is 3. The minimum Gasteiger partial charge on any atom is -0.352 e. The third-order valence-electron chi connectivity index (χ3n) is 6.75. The number of hydrogen-bond acceptors (Lipinski definition) is 4. The summed E-state index contributed by atoms with van der Waals surface area (Å²) in [7, 11) is -4.10. The molecule has 1 N–H and O–H groups in total. The number of aryl methyl sites for hydroxylation is 2. The van der Waals surface area contributed by atoms with Gasteiger partial charge in [0, 0.05) is 17.1 Å². The molecule has 2 amide bonds. The van der Waals surface area contributed by atoms with Crippen molar-refractivity contribution in [1.29, 1.82) is 0 Å². The first kappa shape index (κ1) is 30.4. The first-order valence-corrected chi connectivity index (χ1v) is 15.2. The number of sulfonamides is 1. The maximum absolute atomic E-state index is 14.0. The van der Waals surface area contributed by atoms with E-state index in [2.05, 4.69) is 21.2 Å². The Labute approximate surface area is 240 Å². The second-order valence-corrected chi connectivity index (χ2v) is 12.5. The molecule has 3 aromatic carbocycles. The highest BCUT2D eigenvalue weighted by Crippen LogP contribution is 2.27.